The number of nitrogens with zero attached hydrogens (tertiary/aromatic N) is 1. The molecule has 0 atom stereocenters. The largest absolute Gasteiger partial charge is 0.497 e. The Morgan fingerprint density at radius 1 is 1.00 bits per heavy atom. The highest BCUT2D eigenvalue weighted by Gasteiger charge is 2.13. The summed E-state index contributed by atoms with van der Waals surface area (Å²) in [6, 6.07) is 19.9. The van der Waals surface area contributed by atoms with Crippen LogP contribution in [0, 0.1) is 6.92 Å². The molecule has 0 aliphatic rings. The number of methoxy groups -OCH3 is 1. The number of aryl methyl sites for hydroxylation is 1. The van der Waals surface area contributed by atoms with Crippen LogP contribution in [0.1, 0.15) is 15.9 Å². The van der Waals surface area contributed by atoms with Gasteiger partial charge in [0.2, 0.25) is 0 Å². The Morgan fingerprint density at radius 2 is 1.74 bits per heavy atom. The highest BCUT2D eigenvalue weighted by molar-refractivity contribution is 5.97. The molecule has 0 unspecified atom stereocenters. The van der Waals surface area contributed by atoms with Crippen LogP contribution in [0.15, 0.2) is 66.7 Å². The van der Waals surface area contributed by atoms with E-state index in [4.69, 9.17) is 9.47 Å². The molecule has 1 amide bonds. The molecular weight excluding hydrogens is 394 g/mol. The van der Waals surface area contributed by atoms with E-state index in [-0.39, 0.29) is 6.61 Å². The number of H-pyrrole nitrogens is 1. The molecule has 0 bridgehead atoms. The quantitative estimate of drug-likeness (QED) is 0.457. The van der Waals surface area contributed by atoms with Crippen LogP contribution in [0.3, 0.4) is 0 Å². The molecule has 2 N–H and O–H groups in total. The number of carbonyl (C=O) groups excluding carboxylic acids is 2. The molecule has 3 aromatic carbocycles. The van der Waals surface area contributed by atoms with Gasteiger partial charge in [0.1, 0.15) is 11.6 Å². The van der Waals surface area contributed by atoms with Crippen LogP contribution in [0.5, 0.6) is 5.75 Å². The lowest BCUT2D eigenvalue weighted by molar-refractivity contribution is -0.119. The Labute approximate surface area is 179 Å². The molecule has 7 nitrogen and oxygen atoms in total. The van der Waals surface area contributed by atoms with E-state index >= 15 is 0 Å². The van der Waals surface area contributed by atoms with Gasteiger partial charge in [0.15, 0.2) is 6.61 Å². The van der Waals surface area contributed by atoms with Crippen LogP contribution in [-0.2, 0) is 9.53 Å². The molecular formula is C24H21N3O4. The molecule has 7 heteroatoms. The number of rotatable bonds is 6. The number of imidazole rings is 1. The van der Waals surface area contributed by atoms with E-state index in [0.29, 0.717) is 22.5 Å². The minimum absolute atomic E-state index is 0.337. The fraction of sp³-hybridized carbons (Fsp3) is 0.125. The third kappa shape index (κ3) is 4.72. The molecule has 0 fully saturated rings. The average molecular weight is 415 g/mol. The number of hydrogen-bond acceptors (Lipinski definition) is 5. The molecule has 1 aromatic heterocycles. The lowest BCUT2D eigenvalue weighted by Gasteiger charge is -2.07. The fourth-order valence-electron chi connectivity index (χ4n) is 3.07. The second-order valence-electron chi connectivity index (χ2n) is 7.04. The molecule has 0 saturated heterocycles. The minimum Gasteiger partial charge on any atom is -0.497 e. The van der Waals surface area contributed by atoms with E-state index in [0.717, 1.165) is 16.9 Å². The van der Waals surface area contributed by atoms with Gasteiger partial charge in [0.25, 0.3) is 5.91 Å². The maximum Gasteiger partial charge on any atom is 0.338 e. The van der Waals surface area contributed by atoms with Gasteiger partial charge in [-0.2, -0.15) is 0 Å². The number of hydrogen-bond donors (Lipinski definition) is 2. The number of anilines is 1. The number of aromatic amines is 1. The summed E-state index contributed by atoms with van der Waals surface area (Å²) in [4.78, 5) is 32.2. The van der Waals surface area contributed by atoms with Gasteiger partial charge in [0, 0.05) is 11.3 Å². The summed E-state index contributed by atoms with van der Waals surface area (Å²) in [5.74, 6) is 0.393. The second kappa shape index (κ2) is 8.71. The Bertz CT molecular complexity index is 1230. The average Bonchev–Trinajstić information content (AvgIpc) is 3.22. The van der Waals surface area contributed by atoms with Crippen molar-refractivity contribution in [1.29, 1.82) is 0 Å². The van der Waals surface area contributed by atoms with E-state index in [9.17, 15) is 9.59 Å². The first kappa shape index (κ1) is 20.2. The van der Waals surface area contributed by atoms with Crippen molar-refractivity contribution in [3.05, 3.63) is 77.9 Å². The third-order valence-corrected chi connectivity index (χ3v) is 4.75. The number of aromatic nitrogens is 2. The van der Waals surface area contributed by atoms with Gasteiger partial charge in [-0.25, -0.2) is 9.78 Å². The number of carbonyl (C=O) groups is 2. The number of benzene rings is 3. The SMILES string of the molecule is COc1ccc(NC(=O)COC(=O)c2ccc3nc(-c4ccc(C)cc4)[nH]c3c2)cc1. The zero-order chi connectivity index (χ0) is 21.8. The monoisotopic (exact) mass is 415 g/mol. The van der Waals surface area contributed by atoms with Gasteiger partial charge in [-0.3, -0.25) is 4.79 Å². The second-order valence-corrected chi connectivity index (χ2v) is 7.04. The van der Waals surface area contributed by atoms with Crippen LogP contribution >= 0.6 is 0 Å². The maximum atomic E-state index is 12.4. The summed E-state index contributed by atoms with van der Waals surface area (Å²) in [5.41, 5.74) is 4.51. The Kier molecular flexibility index (Phi) is 5.66. The zero-order valence-corrected chi connectivity index (χ0v) is 17.1. The van der Waals surface area contributed by atoms with Crippen LogP contribution in [0.2, 0.25) is 0 Å². The smallest absolute Gasteiger partial charge is 0.338 e. The summed E-state index contributed by atoms with van der Waals surface area (Å²) < 4.78 is 10.2. The minimum atomic E-state index is -0.585. The molecule has 1 heterocycles. The van der Waals surface area contributed by atoms with Gasteiger partial charge < -0.3 is 19.8 Å². The van der Waals surface area contributed by atoms with Gasteiger partial charge in [-0.15, -0.1) is 0 Å². The molecule has 4 rings (SSSR count). The summed E-state index contributed by atoms with van der Waals surface area (Å²) in [6.07, 6.45) is 0. The Morgan fingerprint density at radius 3 is 2.45 bits per heavy atom. The van der Waals surface area contributed by atoms with Crippen molar-refractivity contribution in [2.24, 2.45) is 0 Å². The van der Waals surface area contributed by atoms with Crippen LogP contribution in [-0.4, -0.2) is 35.6 Å². The first-order chi connectivity index (χ1) is 15.0. The number of fused-ring (bicyclic) bond motifs is 1. The number of esters is 1. The molecule has 0 radical (unpaired) electrons. The predicted octanol–water partition coefficient (Wildman–Crippen LogP) is 4.34. The normalized spacial score (nSPS) is 10.6. The van der Waals surface area contributed by atoms with Gasteiger partial charge in [-0.1, -0.05) is 29.8 Å². The summed E-state index contributed by atoms with van der Waals surface area (Å²) in [5, 5.41) is 2.67. The third-order valence-electron chi connectivity index (χ3n) is 4.75. The molecule has 4 aromatic rings. The van der Waals surface area contributed by atoms with Gasteiger partial charge in [0.05, 0.1) is 23.7 Å². The topological polar surface area (TPSA) is 93.3 Å². The maximum absolute atomic E-state index is 12.4. The molecule has 31 heavy (non-hydrogen) atoms. The number of amides is 1. The van der Waals surface area contributed by atoms with Gasteiger partial charge >= 0.3 is 5.97 Å². The Balaban J connectivity index is 1.40. The van der Waals surface area contributed by atoms with E-state index < -0.39 is 11.9 Å². The first-order valence-electron chi connectivity index (χ1n) is 9.69. The lowest BCUT2D eigenvalue weighted by atomic mass is 10.1. The number of nitrogens with one attached hydrogen (secondary N) is 2. The summed E-state index contributed by atoms with van der Waals surface area (Å²) in [6.45, 7) is 1.64. The van der Waals surface area contributed by atoms with Crippen molar-refractivity contribution < 1.29 is 19.1 Å². The van der Waals surface area contributed by atoms with E-state index in [2.05, 4.69) is 15.3 Å². The molecule has 0 spiro atoms. The molecule has 156 valence electrons. The van der Waals surface area contributed by atoms with Gasteiger partial charge in [-0.05, 0) is 49.4 Å². The summed E-state index contributed by atoms with van der Waals surface area (Å²) >= 11 is 0. The Hall–Kier alpha value is -4.13. The van der Waals surface area contributed by atoms with Crippen molar-refractivity contribution in [2.45, 2.75) is 6.92 Å². The van der Waals surface area contributed by atoms with E-state index in [1.807, 2.05) is 31.2 Å². The standard InChI is InChI=1S/C24H21N3O4/c1-15-3-5-16(6-4-15)23-26-20-12-7-17(13-21(20)27-23)24(29)31-14-22(28)25-18-8-10-19(30-2)11-9-18/h3-13H,14H2,1-2H3,(H,25,28)(H,26,27). The lowest BCUT2D eigenvalue weighted by Crippen LogP contribution is -2.20. The highest BCUT2D eigenvalue weighted by atomic mass is 16.5. The molecule has 0 aliphatic heterocycles. The zero-order valence-electron chi connectivity index (χ0n) is 17.1. The number of ether oxygens (including phenoxy) is 2. The van der Waals surface area contributed by atoms with Crippen molar-refractivity contribution in [3.8, 4) is 17.1 Å². The van der Waals surface area contributed by atoms with Crippen LogP contribution in [0.25, 0.3) is 22.4 Å². The van der Waals surface area contributed by atoms with Crippen LogP contribution in [0.4, 0.5) is 5.69 Å². The van der Waals surface area contributed by atoms with Crippen molar-refractivity contribution in [1.82, 2.24) is 9.97 Å². The molecule has 0 saturated carbocycles. The van der Waals surface area contributed by atoms with E-state index in [1.165, 1.54) is 5.56 Å². The van der Waals surface area contributed by atoms with Crippen molar-refractivity contribution >= 4 is 28.6 Å². The highest BCUT2D eigenvalue weighted by Crippen LogP contribution is 2.22. The van der Waals surface area contributed by atoms with Crippen LogP contribution < -0.4 is 10.1 Å². The summed E-state index contributed by atoms with van der Waals surface area (Å²) in [7, 11) is 1.57. The fourth-order valence-corrected chi connectivity index (χ4v) is 3.07. The predicted molar refractivity (Wildman–Crippen MR) is 118 cm³/mol. The van der Waals surface area contributed by atoms with E-state index in [1.54, 1.807) is 49.6 Å². The van der Waals surface area contributed by atoms with Crippen molar-refractivity contribution in [2.75, 3.05) is 19.0 Å². The van der Waals surface area contributed by atoms with Crippen molar-refractivity contribution in [3.63, 3.8) is 0 Å². The molecule has 0 aliphatic carbocycles. The first-order valence-corrected chi connectivity index (χ1v) is 9.69.